The molecule has 1 aliphatic rings. The topological polar surface area (TPSA) is 58.6 Å². The Hall–Kier alpha value is -2.04. The molecule has 102 valence electrons. The SMILES string of the molecule is CC(C)Oc1ccc(N2CC(C)C(=O)NC2=O)cc1. The van der Waals surface area contributed by atoms with E-state index < -0.39 is 0 Å². The number of urea groups is 1. The number of anilines is 1. The van der Waals surface area contributed by atoms with Crippen LogP contribution in [-0.4, -0.2) is 24.6 Å². The Labute approximate surface area is 112 Å². The summed E-state index contributed by atoms with van der Waals surface area (Å²) in [5.41, 5.74) is 0.757. The van der Waals surface area contributed by atoms with Crippen molar-refractivity contribution in [2.24, 2.45) is 5.92 Å². The van der Waals surface area contributed by atoms with E-state index in [4.69, 9.17) is 4.74 Å². The minimum absolute atomic E-state index is 0.113. The van der Waals surface area contributed by atoms with Gasteiger partial charge in [0.1, 0.15) is 5.75 Å². The first-order chi connectivity index (χ1) is 8.97. The van der Waals surface area contributed by atoms with Gasteiger partial charge < -0.3 is 4.74 Å². The molecule has 1 aromatic carbocycles. The molecule has 1 atom stereocenters. The van der Waals surface area contributed by atoms with Crippen LogP contribution in [0.25, 0.3) is 0 Å². The maximum Gasteiger partial charge on any atom is 0.328 e. The molecular weight excluding hydrogens is 244 g/mol. The van der Waals surface area contributed by atoms with Gasteiger partial charge in [0, 0.05) is 12.2 Å². The Balaban J connectivity index is 2.13. The van der Waals surface area contributed by atoms with Crippen LogP contribution in [0.2, 0.25) is 0 Å². The van der Waals surface area contributed by atoms with E-state index >= 15 is 0 Å². The average molecular weight is 262 g/mol. The van der Waals surface area contributed by atoms with Crippen molar-refractivity contribution < 1.29 is 14.3 Å². The third kappa shape index (κ3) is 3.05. The average Bonchev–Trinajstić information content (AvgIpc) is 2.34. The van der Waals surface area contributed by atoms with E-state index in [2.05, 4.69) is 5.32 Å². The second-order valence-electron chi connectivity index (χ2n) is 4.97. The fourth-order valence-electron chi connectivity index (χ4n) is 1.94. The molecule has 1 aromatic rings. The standard InChI is InChI=1S/C14H18N2O3/c1-9(2)19-12-6-4-11(5-7-12)16-8-10(3)13(17)15-14(16)18/h4-7,9-10H,8H2,1-3H3,(H,15,17,18). The molecule has 1 fully saturated rings. The molecule has 0 radical (unpaired) electrons. The summed E-state index contributed by atoms with van der Waals surface area (Å²) >= 11 is 0. The summed E-state index contributed by atoms with van der Waals surface area (Å²) in [6, 6.07) is 6.91. The molecule has 0 spiro atoms. The quantitative estimate of drug-likeness (QED) is 0.908. The maximum absolute atomic E-state index is 11.8. The Morgan fingerprint density at radius 2 is 1.89 bits per heavy atom. The van der Waals surface area contributed by atoms with Crippen LogP contribution in [0, 0.1) is 5.92 Å². The van der Waals surface area contributed by atoms with Crippen LogP contribution in [0.3, 0.4) is 0 Å². The first-order valence-electron chi connectivity index (χ1n) is 6.36. The van der Waals surface area contributed by atoms with Crippen LogP contribution < -0.4 is 15.0 Å². The van der Waals surface area contributed by atoms with E-state index in [1.165, 1.54) is 0 Å². The summed E-state index contributed by atoms with van der Waals surface area (Å²) in [4.78, 5) is 24.7. The molecule has 3 amide bonds. The highest BCUT2D eigenvalue weighted by atomic mass is 16.5. The number of carbonyl (C=O) groups is 2. The molecule has 1 unspecified atom stereocenters. The van der Waals surface area contributed by atoms with Gasteiger partial charge in [-0.2, -0.15) is 0 Å². The lowest BCUT2D eigenvalue weighted by molar-refractivity contribution is -0.123. The van der Waals surface area contributed by atoms with E-state index in [0.29, 0.717) is 6.54 Å². The first kappa shape index (κ1) is 13.4. The molecule has 2 rings (SSSR count). The van der Waals surface area contributed by atoms with E-state index in [1.807, 2.05) is 38.1 Å². The van der Waals surface area contributed by atoms with Crippen LogP contribution >= 0.6 is 0 Å². The van der Waals surface area contributed by atoms with E-state index in [-0.39, 0.29) is 24.0 Å². The number of benzene rings is 1. The van der Waals surface area contributed by atoms with Crippen LogP contribution in [0.15, 0.2) is 24.3 Å². The Morgan fingerprint density at radius 1 is 1.26 bits per heavy atom. The van der Waals surface area contributed by atoms with E-state index in [9.17, 15) is 9.59 Å². The molecule has 1 N–H and O–H groups in total. The van der Waals surface area contributed by atoms with Gasteiger partial charge in [-0.1, -0.05) is 6.92 Å². The Bertz CT molecular complexity index is 482. The van der Waals surface area contributed by atoms with Gasteiger partial charge in [-0.05, 0) is 38.1 Å². The lowest BCUT2D eigenvalue weighted by Crippen LogP contribution is -2.53. The third-order valence-corrected chi connectivity index (χ3v) is 2.90. The normalized spacial score (nSPS) is 19.6. The Morgan fingerprint density at radius 3 is 2.47 bits per heavy atom. The predicted octanol–water partition coefficient (Wildman–Crippen LogP) is 2.17. The van der Waals surface area contributed by atoms with Crippen LogP contribution in [0.5, 0.6) is 5.75 Å². The van der Waals surface area contributed by atoms with Crippen molar-refractivity contribution in [2.45, 2.75) is 26.9 Å². The zero-order chi connectivity index (χ0) is 14.0. The van der Waals surface area contributed by atoms with Crippen LogP contribution in [-0.2, 0) is 4.79 Å². The fourth-order valence-corrected chi connectivity index (χ4v) is 1.94. The summed E-state index contributed by atoms with van der Waals surface area (Å²) < 4.78 is 5.55. The molecule has 0 aliphatic carbocycles. The second-order valence-corrected chi connectivity index (χ2v) is 4.97. The van der Waals surface area contributed by atoms with Crippen LogP contribution in [0.1, 0.15) is 20.8 Å². The fraction of sp³-hybridized carbons (Fsp3) is 0.429. The number of hydrogen-bond donors (Lipinski definition) is 1. The van der Waals surface area contributed by atoms with Crippen molar-refractivity contribution in [3.8, 4) is 5.75 Å². The smallest absolute Gasteiger partial charge is 0.328 e. The number of nitrogens with zero attached hydrogens (tertiary/aromatic N) is 1. The van der Waals surface area contributed by atoms with Crippen molar-refractivity contribution in [3.63, 3.8) is 0 Å². The Kier molecular flexibility index (Phi) is 3.74. The number of rotatable bonds is 3. The highest BCUT2D eigenvalue weighted by Crippen LogP contribution is 2.22. The zero-order valence-corrected chi connectivity index (χ0v) is 11.3. The van der Waals surface area contributed by atoms with Crippen molar-refractivity contribution in [1.82, 2.24) is 5.32 Å². The number of carbonyl (C=O) groups excluding carboxylic acids is 2. The van der Waals surface area contributed by atoms with Gasteiger partial charge in [0.25, 0.3) is 0 Å². The van der Waals surface area contributed by atoms with Crippen molar-refractivity contribution >= 4 is 17.6 Å². The molecule has 19 heavy (non-hydrogen) atoms. The van der Waals surface area contributed by atoms with Gasteiger partial charge in [-0.15, -0.1) is 0 Å². The number of hydrogen-bond acceptors (Lipinski definition) is 3. The van der Waals surface area contributed by atoms with Gasteiger partial charge in [0.05, 0.1) is 12.0 Å². The highest BCUT2D eigenvalue weighted by Gasteiger charge is 2.29. The van der Waals surface area contributed by atoms with Gasteiger partial charge in [0.15, 0.2) is 0 Å². The van der Waals surface area contributed by atoms with Crippen molar-refractivity contribution in [3.05, 3.63) is 24.3 Å². The molecule has 1 aliphatic heterocycles. The molecule has 1 heterocycles. The zero-order valence-electron chi connectivity index (χ0n) is 11.3. The maximum atomic E-state index is 11.8. The summed E-state index contributed by atoms with van der Waals surface area (Å²) in [6.45, 7) is 6.11. The minimum atomic E-state index is -0.374. The molecular formula is C14H18N2O3. The number of ether oxygens (including phenoxy) is 1. The minimum Gasteiger partial charge on any atom is -0.491 e. The summed E-state index contributed by atoms with van der Waals surface area (Å²) in [5, 5.41) is 2.34. The first-order valence-corrected chi connectivity index (χ1v) is 6.36. The van der Waals surface area contributed by atoms with E-state index in [1.54, 1.807) is 11.8 Å². The van der Waals surface area contributed by atoms with Gasteiger partial charge >= 0.3 is 6.03 Å². The van der Waals surface area contributed by atoms with Crippen molar-refractivity contribution in [2.75, 3.05) is 11.4 Å². The number of nitrogens with one attached hydrogen (secondary N) is 1. The third-order valence-electron chi connectivity index (χ3n) is 2.90. The van der Waals surface area contributed by atoms with Gasteiger partial charge in [-0.3, -0.25) is 15.0 Å². The number of amides is 3. The van der Waals surface area contributed by atoms with Crippen molar-refractivity contribution in [1.29, 1.82) is 0 Å². The largest absolute Gasteiger partial charge is 0.491 e. The van der Waals surface area contributed by atoms with E-state index in [0.717, 1.165) is 11.4 Å². The lowest BCUT2D eigenvalue weighted by atomic mass is 10.1. The van der Waals surface area contributed by atoms with Gasteiger partial charge in [-0.25, -0.2) is 4.79 Å². The number of imide groups is 1. The van der Waals surface area contributed by atoms with Crippen LogP contribution in [0.4, 0.5) is 10.5 Å². The molecule has 0 aromatic heterocycles. The second kappa shape index (κ2) is 5.30. The summed E-state index contributed by atoms with van der Waals surface area (Å²) in [5.74, 6) is 0.339. The summed E-state index contributed by atoms with van der Waals surface area (Å²) in [6.07, 6.45) is 0.113. The molecule has 0 saturated carbocycles. The molecule has 0 bridgehead atoms. The molecule has 1 saturated heterocycles. The highest BCUT2D eigenvalue weighted by molar-refractivity contribution is 6.06. The van der Waals surface area contributed by atoms with Gasteiger partial charge in [0.2, 0.25) is 5.91 Å². The lowest BCUT2D eigenvalue weighted by Gasteiger charge is -2.30. The molecule has 5 heteroatoms. The monoisotopic (exact) mass is 262 g/mol. The summed E-state index contributed by atoms with van der Waals surface area (Å²) in [7, 11) is 0. The molecule has 5 nitrogen and oxygen atoms in total. The predicted molar refractivity (Wildman–Crippen MR) is 72.3 cm³/mol.